The highest BCUT2D eigenvalue weighted by Gasteiger charge is 2.53. The van der Waals surface area contributed by atoms with Gasteiger partial charge in [-0.2, -0.15) is 5.10 Å². The van der Waals surface area contributed by atoms with Crippen molar-refractivity contribution in [2.24, 2.45) is 5.92 Å². The summed E-state index contributed by atoms with van der Waals surface area (Å²) < 4.78 is 32.1. The van der Waals surface area contributed by atoms with Crippen molar-refractivity contribution < 1.29 is 18.0 Å². The maximum absolute atomic E-state index is 13.9. The fourth-order valence-corrected chi connectivity index (χ4v) is 9.16. The lowest BCUT2D eigenvalue weighted by molar-refractivity contribution is -0.162. The second kappa shape index (κ2) is 16.3. The summed E-state index contributed by atoms with van der Waals surface area (Å²) in [6.45, 7) is 10.1. The average Bonchev–Trinajstić information content (AvgIpc) is 3.35. The number of hydrogen-bond donors (Lipinski definition) is 2. The molecule has 2 saturated heterocycles. The third-order valence-electron chi connectivity index (χ3n) is 10.7. The van der Waals surface area contributed by atoms with Gasteiger partial charge in [0.1, 0.15) is 11.6 Å². The minimum atomic E-state index is -3.59. The van der Waals surface area contributed by atoms with E-state index in [1.807, 2.05) is 33.6 Å². The second-order valence-electron chi connectivity index (χ2n) is 14.1. The summed E-state index contributed by atoms with van der Waals surface area (Å²) in [4.78, 5) is 32.4. The van der Waals surface area contributed by atoms with Gasteiger partial charge >= 0.3 is 0 Å². The molecule has 2 aromatic rings. The van der Waals surface area contributed by atoms with Crippen LogP contribution in [-0.4, -0.2) is 94.3 Å². The number of likely N-dealkylation sites (tertiary alicyclic amines) is 1. The topological polar surface area (TPSA) is 120 Å². The molecule has 2 aliphatic heterocycles. The molecule has 1 saturated carbocycles. The molecule has 1 atom stereocenters. The predicted octanol–water partition coefficient (Wildman–Crippen LogP) is 4.87. The zero-order valence-corrected chi connectivity index (χ0v) is 32.1. The SMILES string of the molecule is CCCCN1C(=O)[C@H](CC2CCCCC2)NC(=O)C12CCN(Cc1c(C)nn(-c3ccc(S(=O)(=O)NCCCN(C)I)cc3)c1C)CC2. The molecule has 11 nitrogen and oxygen atoms in total. The Morgan fingerprint density at radius 2 is 1.75 bits per heavy atom. The second-order valence-corrected chi connectivity index (χ2v) is 17.5. The standard InChI is InChI=1S/C35H54IN7O4S/c1-5-6-21-42-33(44)32(24-28-11-8-7-9-12-28)38-34(45)35(42)17-22-41(23-18-35)25-31-26(2)39-43(27(31)3)29-13-15-30(16-14-29)48(46,47)37-19-10-20-40(4)36/h13-16,28,32,37H,5-12,17-25H2,1-4H3,(H,38,45)/t32-/m0/s1. The number of unbranched alkanes of at least 4 members (excludes halogenated alkanes) is 1. The van der Waals surface area contributed by atoms with Crippen LogP contribution in [-0.2, 0) is 26.2 Å². The lowest BCUT2D eigenvalue weighted by Crippen LogP contribution is -2.73. The van der Waals surface area contributed by atoms with E-state index in [4.69, 9.17) is 5.10 Å². The summed E-state index contributed by atoms with van der Waals surface area (Å²) in [6, 6.07) is 6.46. The number of hydrogen-bond acceptors (Lipinski definition) is 7. The smallest absolute Gasteiger partial charge is 0.246 e. The van der Waals surface area contributed by atoms with Crippen molar-refractivity contribution in [3.05, 3.63) is 41.2 Å². The van der Waals surface area contributed by atoms with Crippen molar-refractivity contribution in [2.45, 2.75) is 114 Å². The van der Waals surface area contributed by atoms with E-state index in [1.54, 1.807) is 24.3 Å². The first-order valence-corrected chi connectivity index (χ1v) is 20.3. The molecule has 3 fully saturated rings. The normalized spacial score (nSPS) is 21.0. The van der Waals surface area contributed by atoms with Crippen LogP contribution < -0.4 is 10.0 Å². The molecule has 5 rings (SSSR count). The van der Waals surface area contributed by atoms with Gasteiger partial charge in [0.15, 0.2) is 0 Å². The number of piperazine rings is 1. The highest BCUT2D eigenvalue weighted by molar-refractivity contribution is 14.1. The molecule has 1 aromatic heterocycles. The van der Waals surface area contributed by atoms with Crippen molar-refractivity contribution in [1.29, 1.82) is 0 Å². The van der Waals surface area contributed by atoms with Crippen LogP contribution in [0.4, 0.5) is 0 Å². The highest BCUT2D eigenvalue weighted by atomic mass is 127. The Balaban J connectivity index is 1.23. The van der Waals surface area contributed by atoms with Crippen molar-refractivity contribution in [3.63, 3.8) is 0 Å². The first kappa shape index (κ1) is 37.2. The molecule has 266 valence electrons. The van der Waals surface area contributed by atoms with Crippen LogP contribution in [0.15, 0.2) is 29.2 Å². The van der Waals surface area contributed by atoms with E-state index in [0.717, 1.165) is 67.7 Å². The molecule has 13 heteroatoms. The number of sulfonamides is 1. The van der Waals surface area contributed by atoms with Crippen molar-refractivity contribution in [1.82, 2.24) is 32.7 Å². The maximum atomic E-state index is 13.9. The largest absolute Gasteiger partial charge is 0.342 e. The molecular formula is C35H54IN7O4S. The Morgan fingerprint density at radius 3 is 2.40 bits per heavy atom. The Morgan fingerprint density at radius 1 is 1.06 bits per heavy atom. The molecule has 2 N–H and O–H groups in total. The lowest BCUT2D eigenvalue weighted by atomic mass is 9.79. The van der Waals surface area contributed by atoms with Crippen LogP contribution in [0.3, 0.4) is 0 Å². The van der Waals surface area contributed by atoms with E-state index in [1.165, 1.54) is 19.3 Å². The molecule has 3 heterocycles. The van der Waals surface area contributed by atoms with Crippen LogP contribution in [0.2, 0.25) is 0 Å². The third-order valence-corrected chi connectivity index (χ3v) is 12.6. The van der Waals surface area contributed by atoms with Crippen molar-refractivity contribution >= 4 is 44.7 Å². The Kier molecular flexibility index (Phi) is 12.6. The average molecular weight is 796 g/mol. The Bertz CT molecular complexity index is 1510. The molecule has 1 aromatic carbocycles. The summed E-state index contributed by atoms with van der Waals surface area (Å²) >= 11 is 2.18. The predicted molar refractivity (Wildman–Crippen MR) is 196 cm³/mol. The number of halogens is 1. The first-order valence-electron chi connectivity index (χ1n) is 17.8. The molecule has 2 amide bonds. The van der Waals surface area contributed by atoms with Crippen molar-refractivity contribution in [2.75, 3.05) is 39.8 Å². The van der Waals surface area contributed by atoms with Crippen LogP contribution >= 0.6 is 22.9 Å². The van der Waals surface area contributed by atoms with Gasteiger partial charge in [-0.3, -0.25) is 17.6 Å². The molecule has 1 aliphatic carbocycles. The van der Waals surface area contributed by atoms with Crippen LogP contribution in [0, 0.1) is 19.8 Å². The number of rotatable bonds is 14. The number of benzene rings is 1. The molecule has 0 radical (unpaired) electrons. The molecule has 0 bridgehead atoms. The van der Waals surface area contributed by atoms with Crippen molar-refractivity contribution in [3.8, 4) is 5.69 Å². The van der Waals surface area contributed by atoms with E-state index in [-0.39, 0.29) is 16.7 Å². The van der Waals surface area contributed by atoms with Gasteiger partial charge in [0, 0.05) is 73.4 Å². The van der Waals surface area contributed by atoms with Gasteiger partial charge < -0.3 is 10.2 Å². The number of carbonyl (C=O) groups excluding carboxylic acids is 2. The van der Waals surface area contributed by atoms with E-state index < -0.39 is 21.6 Å². The van der Waals surface area contributed by atoms with Gasteiger partial charge in [-0.15, -0.1) is 0 Å². The van der Waals surface area contributed by atoms with Gasteiger partial charge in [-0.25, -0.2) is 17.8 Å². The zero-order chi connectivity index (χ0) is 34.5. The van der Waals surface area contributed by atoms with E-state index in [2.05, 4.69) is 44.7 Å². The Hall–Kier alpha value is -2.07. The van der Waals surface area contributed by atoms with Gasteiger partial charge in [-0.05, 0) is 83.2 Å². The maximum Gasteiger partial charge on any atom is 0.246 e. The fraction of sp³-hybridized carbons (Fsp3) is 0.686. The summed E-state index contributed by atoms with van der Waals surface area (Å²) in [6.07, 6.45) is 10.7. The fourth-order valence-electron chi connectivity index (χ4n) is 7.74. The number of nitrogens with one attached hydrogen (secondary N) is 2. The summed E-state index contributed by atoms with van der Waals surface area (Å²) in [5, 5.41) is 8.03. The first-order chi connectivity index (χ1) is 22.9. The van der Waals surface area contributed by atoms with Crippen LogP contribution in [0.1, 0.15) is 94.5 Å². The van der Waals surface area contributed by atoms with E-state index >= 15 is 0 Å². The number of piperidine rings is 1. The lowest BCUT2D eigenvalue weighted by Gasteiger charge is -2.52. The van der Waals surface area contributed by atoms with Gasteiger partial charge in [0.2, 0.25) is 21.8 Å². The molecule has 3 aliphatic rings. The van der Waals surface area contributed by atoms with E-state index in [9.17, 15) is 18.0 Å². The van der Waals surface area contributed by atoms with Gasteiger partial charge in [0.05, 0.1) is 16.3 Å². The number of amides is 2. The van der Waals surface area contributed by atoms with Gasteiger partial charge in [-0.1, -0.05) is 45.4 Å². The molecule has 0 unspecified atom stereocenters. The summed E-state index contributed by atoms with van der Waals surface area (Å²) in [5.41, 5.74) is 3.08. The monoisotopic (exact) mass is 795 g/mol. The minimum absolute atomic E-state index is 0.0349. The minimum Gasteiger partial charge on any atom is -0.342 e. The number of aryl methyl sites for hydroxylation is 1. The highest BCUT2D eigenvalue weighted by Crippen LogP contribution is 2.36. The number of nitrogens with zero attached hydrogens (tertiary/aromatic N) is 5. The quantitative estimate of drug-likeness (QED) is 0.159. The molecule has 1 spiro atoms. The van der Waals surface area contributed by atoms with Gasteiger partial charge in [0.25, 0.3) is 0 Å². The third kappa shape index (κ3) is 8.44. The summed E-state index contributed by atoms with van der Waals surface area (Å²) in [7, 11) is -1.64. The molecular weight excluding hydrogens is 741 g/mol. The van der Waals surface area contributed by atoms with Crippen LogP contribution in [0.25, 0.3) is 5.69 Å². The number of aromatic nitrogens is 2. The van der Waals surface area contributed by atoms with E-state index in [0.29, 0.717) is 51.5 Å². The Labute approximate surface area is 301 Å². The molecule has 48 heavy (non-hydrogen) atoms. The zero-order valence-electron chi connectivity index (χ0n) is 29.1. The number of carbonyl (C=O) groups is 2. The van der Waals surface area contributed by atoms with Crippen LogP contribution in [0.5, 0.6) is 0 Å². The summed E-state index contributed by atoms with van der Waals surface area (Å²) in [5.74, 6) is 0.677.